The molecule has 34 heavy (non-hydrogen) atoms. The standard InChI is InChI=1S/C26H30N4O3S/c1-6-32-20-10-8-19(9-11-20)25-30(18(5)31)22-12-7-17(4)15-21(22)23-24(33-25)27-26(29-28-23)34-14-13-16(2)3/h7-12,15-16,25H,6,13-14H2,1-5H3/t25-/m0/s1. The third-order valence-electron chi connectivity index (χ3n) is 5.50. The molecule has 0 bridgehead atoms. The number of thioether (sulfide) groups is 1. The summed E-state index contributed by atoms with van der Waals surface area (Å²) in [6.45, 7) is 10.5. The van der Waals surface area contributed by atoms with Crippen LogP contribution in [-0.4, -0.2) is 33.4 Å². The lowest BCUT2D eigenvalue weighted by Crippen LogP contribution is -2.36. The van der Waals surface area contributed by atoms with Crippen molar-refractivity contribution in [3.8, 4) is 22.9 Å². The number of hydrogen-bond acceptors (Lipinski definition) is 7. The first-order valence-electron chi connectivity index (χ1n) is 11.5. The Morgan fingerprint density at radius 3 is 2.62 bits per heavy atom. The van der Waals surface area contributed by atoms with E-state index in [-0.39, 0.29) is 5.91 Å². The van der Waals surface area contributed by atoms with Gasteiger partial charge in [0.25, 0.3) is 0 Å². The highest BCUT2D eigenvalue weighted by atomic mass is 32.2. The molecule has 3 aromatic rings. The van der Waals surface area contributed by atoms with E-state index in [4.69, 9.17) is 14.5 Å². The van der Waals surface area contributed by atoms with Crippen molar-refractivity contribution in [2.24, 2.45) is 5.92 Å². The SMILES string of the molecule is CCOc1ccc([C@@H]2Oc3nc(SCCC(C)C)nnc3-c3cc(C)ccc3N2C(C)=O)cc1. The summed E-state index contributed by atoms with van der Waals surface area (Å²) in [5.74, 6) is 2.49. The number of amides is 1. The maximum absolute atomic E-state index is 12.9. The maximum Gasteiger partial charge on any atom is 0.247 e. The van der Waals surface area contributed by atoms with E-state index in [0.29, 0.717) is 34.9 Å². The zero-order chi connectivity index (χ0) is 24.2. The van der Waals surface area contributed by atoms with E-state index in [2.05, 4.69) is 24.0 Å². The first-order chi connectivity index (χ1) is 16.4. The fourth-order valence-corrected chi connectivity index (χ4v) is 4.80. The van der Waals surface area contributed by atoms with E-state index in [0.717, 1.165) is 34.6 Å². The Morgan fingerprint density at radius 1 is 1.18 bits per heavy atom. The Hall–Kier alpha value is -3.13. The molecule has 0 saturated heterocycles. The largest absolute Gasteiger partial charge is 0.494 e. The van der Waals surface area contributed by atoms with Crippen molar-refractivity contribution < 1.29 is 14.3 Å². The van der Waals surface area contributed by atoms with Crippen LogP contribution in [0.2, 0.25) is 0 Å². The van der Waals surface area contributed by atoms with Gasteiger partial charge in [0.05, 0.1) is 12.3 Å². The summed E-state index contributed by atoms with van der Waals surface area (Å²) < 4.78 is 12.0. The number of carbonyl (C=O) groups is 1. The molecule has 2 heterocycles. The Morgan fingerprint density at radius 2 is 1.94 bits per heavy atom. The summed E-state index contributed by atoms with van der Waals surface area (Å²) >= 11 is 1.56. The second-order valence-electron chi connectivity index (χ2n) is 8.66. The van der Waals surface area contributed by atoms with Crippen molar-refractivity contribution >= 4 is 23.4 Å². The minimum absolute atomic E-state index is 0.142. The van der Waals surface area contributed by atoms with Crippen LogP contribution in [0.25, 0.3) is 11.3 Å². The lowest BCUT2D eigenvalue weighted by molar-refractivity contribution is -0.118. The number of aryl methyl sites for hydroxylation is 1. The van der Waals surface area contributed by atoms with Crippen LogP contribution in [-0.2, 0) is 4.79 Å². The predicted molar refractivity (Wildman–Crippen MR) is 134 cm³/mol. The van der Waals surface area contributed by atoms with Crippen molar-refractivity contribution in [1.82, 2.24) is 15.2 Å². The molecule has 178 valence electrons. The first kappa shape index (κ1) is 24.0. The fraction of sp³-hybridized carbons (Fsp3) is 0.385. The number of carbonyl (C=O) groups excluding carboxylic acids is 1. The minimum atomic E-state index is -0.707. The van der Waals surface area contributed by atoms with Crippen LogP contribution in [0.3, 0.4) is 0 Å². The average Bonchev–Trinajstić information content (AvgIpc) is 2.93. The normalized spacial score (nSPS) is 14.8. The fourth-order valence-electron chi connectivity index (χ4n) is 3.78. The van der Waals surface area contributed by atoms with E-state index in [9.17, 15) is 4.79 Å². The van der Waals surface area contributed by atoms with Crippen LogP contribution in [0.15, 0.2) is 47.6 Å². The number of rotatable bonds is 7. The number of benzene rings is 2. The summed E-state index contributed by atoms with van der Waals surface area (Å²) in [7, 11) is 0. The highest BCUT2D eigenvalue weighted by Crippen LogP contribution is 2.44. The maximum atomic E-state index is 12.9. The molecule has 0 fully saturated rings. The molecule has 0 spiro atoms. The zero-order valence-corrected chi connectivity index (χ0v) is 21.1. The molecule has 0 unspecified atom stereocenters. The van der Waals surface area contributed by atoms with Gasteiger partial charge in [-0.15, -0.1) is 10.2 Å². The van der Waals surface area contributed by atoms with Crippen LogP contribution >= 0.6 is 11.8 Å². The van der Waals surface area contributed by atoms with Crippen molar-refractivity contribution in [2.45, 2.75) is 52.4 Å². The molecule has 1 aromatic heterocycles. The smallest absolute Gasteiger partial charge is 0.247 e. The molecule has 0 N–H and O–H groups in total. The highest BCUT2D eigenvalue weighted by Gasteiger charge is 2.34. The van der Waals surface area contributed by atoms with Gasteiger partial charge >= 0.3 is 0 Å². The third kappa shape index (κ3) is 5.17. The molecule has 0 radical (unpaired) electrons. The molecule has 7 nitrogen and oxygen atoms in total. The van der Waals surface area contributed by atoms with Gasteiger partial charge in [-0.25, -0.2) is 0 Å². The summed E-state index contributed by atoms with van der Waals surface area (Å²) in [6, 6.07) is 13.5. The molecule has 1 amide bonds. The molecule has 8 heteroatoms. The van der Waals surface area contributed by atoms with Gasteiger partial charge in [0.15, 0.2) is 5.69 Å². The van der Waals surface area contributed by atoms with E-state index >= 15 is 0 Å². The zero-order valence-electron chi connectivity index (χ0n) is 20.2. The third-order valence-corrected chi connectivity index (χ3v) is 6.37. The molecular formula is C26H30N4O3S. The monoisotopic (exact) mass is 478 g/mol. The Labute approximate surface area is 204 Å². The van der Waals surface area contributed by atoms with Gasteiger partial charge in [-0.05, 0) is 62.6 Å². The quantitative estimate of drug-likeness (QED) is 0.396. The van der Waals surface area contributed by atoms with Gasteiger partial charge in [0, 0.05) is 23.8 Å². The van der Waals surface area contributed by atoms with Crippen LogP contribution in [0.1, 0.15) is 51.5 Å². The van der Waals surface area contributed by atoms with Crippen LogP contribution in [0.5, 0.6) is 11.6 Å². The van der Waals surface area contributed by atoms with E-state index in [1.54, 1.807) is 16.7 Å². The summed E-state index contributed by atoms with van der Waals surface area (Å²) in [5, 5.41) is 9.43. The van der Waals surface area contributed by atoms with Crippen molar-refractivity contribution in [1.29, 1.82) is 0 Å². The number of ether oxygens (including phenoxy) is 2. The Bertz CT molecular complexity index is 1170. The number of fused-ring (bicyclic) bond motifs is 3. The second kappa shape index (κ2) is 10.4. The molecule has 0 saturated carbocycles. The molecule has 4 rings (SSSR count). The average molecular weight is 479 g/mol. The molecule has 1 aliphatic rings. The summed E-state index contributed by atoms with van der Waals surface area (Å²) in [6.07, 6.45) is 0.349. The number of aromatic nitrogens is 3. The van der Waals surface area contributed by atoms with E-state index in [1.807, 2.05) is 56.3 Å². The van der Waals surface area contributed by atoms with Gasteiger partial charge in [-0.2, -0.15) is 4.98 Å². The first-order valence-corrected chi connectivity index (χ1v) is 12.5. The number of anilines is 1. The lowest BCUT2D eigenvalue weighted by Gasteiger charge is -2.30. The van der Waals surface area contributed by atoms with Crippen molar-refractivity contribution in [2.75, 3.05) is 17.3 Å². The molecule has 2 aromatic carbocycles. The second-order valence-corrected chi connectivity index (χ2v) is 9.72. The molecule has 1 aliphatic heterocycles. The number of hydrogen-bond donors (Lipinski definition) is 0. The summed E-state index contributed by atoms with van der Waals surface area (Å²) in [5.41, 5.74) is 3.88. The molecule has 1 atom stereocenters. The van der Waals surface area contributed by atoms with Gasteiger partial charge in [0.2, 0.25) is 23.2 Å². The Balaban J connectivity index is 1.81. The van der Waals surface area contributed by atoms with Gasteiger partial charge < -0.3 is 9.47 Å². The van der Waals surface area contributed by atoms with Gasteiger partial charge in [-0.3, -0.25) is 9.69 Å². The van der Waals surface area contributed by atoms with E-state index in [1.165, 1.54) is 6.92 Å². The predicted octanol–water partition coefficient (Wildman–Crippen LogP) is 5.83. The molecule has 0 aliphatic carbocycles. The van der Waals surface area contributed by atoms with E-state index < -0.39 is 6.23 Å². The van der Waals surface area contributed by atoms with Crippen LogP contribution in [0, 0.1) is 12.8 Å². The van der Waals surface area contributed by atoms with Crippen LogP contribution < -0.4 is 14.4 Å². The van der Waals surface area contributed by atoms with Crippen molar-refractivity contribution in [3.63, 3.8) is 0 Å². The highest BCUT2D eigenvalue weighted by molar-refractivity contribution is 7.99. The minimum Gasteiger partial charge on any atom is -0.494 e. The van der Waals surface area contributed by atoms with Crippen LogP contribution in [0.4, 0.5) is 5.69 Å². The topological polar surface area (TPSA) is 77.4 Å². The van der Waals surface area contributed by atoms with Crippen molar-refractivity contribution in [3.05, 3.63) is 53.6 Å². The molecular weight excluding hydrogens is 448 g/mol. The lowest BCUT2D eigenvalue weighted by atomic mass is 10.0. The number of nitrogens with zero attached hydrogens (tertiary/aromatic N) is 4. The van der Waals surface area contributed by atoms with Gasteiger partial charge in [-0.1, -0.05) is 37.2 Å². The van der Waals surface area contributed by atoms with Gasteiger partial charge in [0.1, 0.15) is 5.75 Å². The Kier molecular flexibility index (Phi) is 7.36. The summed E-state index contributed by atoms with van der Waals surface area (Å²) in [4.78, 5) is 19.3.